The van der Waals surface area contributed by atoms with Crippen LogP contribution in [0.25, 0.3) is 0 Å². The van der Waals surface area contributed by atoms with Gasteiger partial charge in [-0.25, -0.2) is 0 Å². The van der Waals surface area contributed by atoms with Crippen molar-refractivity contribution < 1.29 is 14.3 Å². The minimum atomic E-state index is -0.600. The van der Waals surface area contributed by atoms with Gasteiger partial charge in [-0.05, 0) is 41.9 Å². The third-order valence-electron chi connectivity index (χ3n) is 6.61. The van der Waals surface area contributed by atoms with Crippen LogP contribution in [0.1, 0.15) is 65.1 Å². The molecule has 1 saturated carbocycles. The van der Waals surface area contributed by atoms with E-state index < -0.39 is 6.04 Å². The van der Waals surface area contributed by atoms with Gasteiger partial charge in [-0.1, -0.05) is 104 Å². The predicted molar refractivity (Wildman–Crippen MR) is 135 cm³/mol. The fourth-order valence-electron chi connectivity index (χ4n) is 4.61. The highest BCUT2D eigenvalue weighted by Crippen LogP contribution is 2.32. The zero-order valence-electron chi connectivity index (χ0n) is 19.6. The molecule has 0 bridgehead atoms. The van der Waals surface area contributed by atoms with Gasteiger partial charge in [0.15, 0.2) is 5.78 Å². The van der Waals surface area contributed by atoms with Gasteiger partial charge >= 0.3 is 5.97 Å². The summed E-state index contributed by atoms with van der Waals surface area (Å²) in [7, 11) is 0. The molecule has 0 radical (unpaired) electrons. The van der Waals surface area contributed by atoms with Crippen molar-refractivity contribution in [3.05, 3.63) is 107 Å². The summed E-state index contributed by atoms with van der Waals surface area (Å²) < 4.78 is 5.67. The highest BCUT2D eigenvalue weighted by atomic mass is 16.5. The molecule has 176 valence electrons. The van der Waals surface area contributed by atoms with Crippen LogP contribution in [0.3, 0.4) is 0 Å². The first kappa shape index (κ1) is 23.9. The topological polar surface area (TPSA) is 55.4 Å². The first-order chi connectivity index (χ1) is 16.7. The molecule has 0 heterocycles. The lowest BCUT2D eigenvalue weighted by Gasteiger charge is -2.22. The quantitative estimate of drug-likeness (QED) is 0.307. The summed E-state index contributed by atoms with van der Waals surface area (Å²) in [6, 6.07) is 26.8. The van der Waals surface area contributed by atoms with E-state index in [0.29, 0.717) is 17.9 Å². The second-order valence-corrected chi connectivity index (χ2v) is 9.10. The van der Waals surface area contributed by atoms with Gasteiger partial charge in [0.25, 0.3) is 0 Å². The van der Waals surface area contributed by atoms with Crippen LogP contribution in [-0.4, -0.2) is 24.3 Å². The average molecular weight is 456 g/mol. The molecule has 0 spiro atoms. The van der Waals surface area contributed by atoms with E-state index in [-0.39, 0.29) is 24.9 Å². The minimum absolute atomic E-state index is 0.0511. The summed E-state index contributed by atoms with van der Waals surface area (Å²) >= 11 is 0. The van der Waals surface area contributed by atoms with E-state index in [1.807, 2.05) is 48.5 Å². The van der Waals surface area contributed by atoms with Crippen molar-refractivity contribution >= 4 is 11.8 Å². The lowest BCUT2D eigenvalue weighted by molar-refractivity contribution is -0.147. The van der Waals surface area contributed by atoms with Crippen LogP contribution in [0.4, 0.5) is 0 Å². The number of hydrogen-bond acceptors (Lipinski definition) is 4. The maximum Gasteiger partial charge on any atom is 0.323 e. The lowest BCUT2D eigenvalue weighted by Crippen LogP contribution is -2.42. The van der Waals surface area contributed by atoms with Crippen LogP contribution in [0.2, 0.25) is 0 Å². The molecular weight excluding hydrogens is 422 g/mol. The van der Waals surface area contributed by atoms with E-state index >= 15 is 0 Å². The number of hydrogen-bond donors (Lipinski definition) is 1. The number of nitrogens with one attached hydrogen (secondary N) is 1. The van der Waals surface area contributed by atoms with Gasteiger partial charge in [-0.2, -0.15) is 0 Å². The Hall–Kier alpha value is -3.24. The van der Waals surface area contributed by atoms with Gasteiger partial charge in [0, 0.05) is 5.56 Å². The Morgan fingerprint density at radius 1 is 0.794 bits per heavy atom. The van der Waals surface area contributed by atoms with E-state index in [1.165, 1.54) is 37.7 Å². The monoisotopic (exact) mass is 455 g/mol. The largest absolute Gasteiger partial charge is 0.460 e. The smallest absolute Gasteiger partial charge is 0.323 e. The summed E-state index contributed by atoms with van der Waals surface area (Å²) in [5, 5.41) is 3.13. The molecule has 1 fully saturated rings. The Morgan fingerprint density at radius 3 is 2.12 bits per heavy atom. The Morgan fingerprint density at radius 2 is 1.44 bits per heavy atom. The Bertz CT molecular complexity index is 1040. The Balaban J connectivity index is 1.35. The number of ketones is 1. The molecule has 4 heteroatoms. The van der Waals surface area contributed by atoms with Crippen LogP contribution in [0.15, 0.2) is 84.9 Å². The molecule has 4 nitrogen and oxygen atoms in total. The SMILES string of the molecule is O=C(CNC(Cc1ccccc1)C(=O)OCc1ccc(C2CCCCC2)cc1)c1ccccc1. The number of Topliss-reactive ketones (excluding diaryl/α,β-unsaturated/α-hetero) is 1. The molecule has 4 rings (SSSR count). The highest BCUT2D eigenvalue weighted by Gasteiger charge is 2.22. The molecule has 0 aromatic heterocycles. The molecule has 1 atom stereocenters. The molecule has 0 aliphatic heterocycles. The second-order valence-electron chi connectivity index (χ2n) is 9.10. The highest BCUT2D eigenvalue weighted by molar-refractivity contribution is 5.97. The molecule has 1 N–H and O–H groups in total. The van der Waals surface area contributed by atoms with Gasteiger partial charge in [0.2, 0.25) is 0 Å². The van der Waals surface area contributed by atoms with Crippen LogP contribution in [0, 0.1) is 0 Å². The third-order valence-corrected chi connectivity index (χ3v) is 6.61. The predicted octanol–water partition coefficient (Wildman–Crippen LogP) is 5.86. The van der Waals surface area contributed by atoms with E-state index in [2.05, 4.69) is 29.6 Å². The number of benzene rings is 3. The first-order valence-electron chi connectivity index (χ1n) is 12.3. The summed E-state index contributed by atoms with van der Waals surface area (Å²) in [6.45, 7) is 0.302. The normalized spacial score (nSPS) is 14.9. The fraction of sp³-hybridized carbons (Fsp3) is 0.333. The maximum atomic E-state index is 13.0. The zero-order valence-corrected chi connectivity index (χ0v) is 19.6. The molecule has 34 heavy (non-hydrogen) atoms. The van der Waals surface area contributed by atoms with E-state index in [1.54, 1.807) is 12.1 Å². The summed E-state index contributed by atoms with van der Waals surface area (Å²) in [4.78, 5) is 25.5. The van der Waals surface area contributed by atoms with Crippen molar-refractivity contribution in [3.8, 4) is 0 Å². The van der Waals surface area contributed by atoms with E-state index in [9.17, 15) is 9.59 Å². The molecule has 1 aliphatic carbocycles. The number of esters is 1. The zero-order chi connectivity index (χ0) is 23.6. The number of carbonyl (C=O) groups is 2. The average Bonchev–Trinajstić information content (AvgIpc) is 2.91. The first-order valence-corrected chi connectivity index (χ1v) is 12.3. The summed E-state index contributed by atoms with van der Waals surface area (Å²) in [5.74, 6) is 0.262. The summed E-state index contributed by atoms with van der Waals surface area (Å²) in [5.41, 5.74) is 4.00. The van der Waals surface area contributed by atoms with E-state index in [4.69, 9.17) is 4.74 Å². The van der Waals surface area contributed by atoms with Gasteiger partial charge < -0.3 is 4.74 Å². The van der Waals surface area contributed by atoms with E-state index in [0.717, 1.165) is 11.1 Å². The van der Waals surface area contributed by atoms with Crippen molar-refractivity contribution in [1.29, 1.82) is 0 Å². The fourth-order valence-corrected chi connectivity index (χ4v) is 4.61. The van der Waals surface area contributed by atoms with Crippen LogP contribution >= 0.6 is 0 Å². The van der Waals surface area contributed by atoms with Crippen LogP contribution in [-0.2, 0) is 22.6 Å². The number of ether oxygens (including phenoxy) is 1. The third kappa shape index (κ3) is 6.88. The number of carbonyl (C=O) groups excluding carboxylic acids is 2. The van der Waals surface area contributed by atoms with Crippen molar-refractivity contribution in [1.82, 2.24) is 5.32 Å². The second kappa shape index (κ2) is 12.3. The van der Waals surface area contributed by atoms with Crippen LogP contribution < -0.4 is 5.32 Å². The molecule has 3 aromatic rings. The lowest BCUT2D eigenvalue weighted by atomic mass is 9.84. The molecule has 0 amide bonds. The van der Waals surface area contributed by atoms with Crippen molar-refractivity contribution in [3.63, 3.8) is 0 Å². The van der Waals surface area contributed by atoms with Crippen molar-refractivity contribution in [2.45, 2.75) is 57.1 Å². The standard InChI is InChI=1S/C30H33NO3/c32-29(27-14-8-3-9-15-27)21-31-28(20-23-10-4-1-5-11-23)30(33)34-22-24-16-18-26(19-17-24)25-12-6-2-7-13-25/h1,3-5,8-11,14-19,25,28,31H,2,6-7,12-13,20-22H2. The Labute approximate surface area is 202 Å². The van der Waals surface area contributed by atoms with Crippen molar-refractivity contribution in [2.24, 2.45) is 0 Å². The molecule has 1 unspecified atom stereocenters. The van der Waals surface area contributed by atoms with Crippen molar-refractivity contribution in [2.75, 3.05) is 6.54 Å². The van der Waals surface area contributed by atoms with Crippen LogP contribution in [0.5, 0.6) is 0 Å². The van der Waals surface area contributed by atoms with Gasteiger partial charge in [0.05, 0.1) is 6.54 Å². The minimum Gasteiger partial charge on any atom is -0.460 e. The summed E-state index contributed by atoms with van der Waals surface area (Å²) in [6.07, 6.45) is 6.97. The maximum absolute atomic E-state index is 13.0. The molecular formula is C30H33NO3. The van der Waals surface area contributed by atoms with Gasteiger partial charge in [-0.15, -0.1) is 0 Å². The molecule has 3 aromatic carbocycles. The van der Waals surface area contributed by atoms with Gasteiger partial charge in [-0.3, -0.25) is 14.9 Å². The molecule has 1 aliphatic rings. The molecule has 0 saturated heterocycles. The Kier molecular flexibility index (Phi) is 8.64. The van der Waals surface area contributed by atoms with Gasteiger partial charge in [0.1, 0.15) is 12.6 Å². The number of rotatable bonds is 10.